The molecule has 0 amide bonds. The third-order valence-electron chi connectivity index (χ3n) is 2.87. The van der Waals surface area contributed by atoms with E-state index in [0.717, 1.165) is 0 Å². The fraction of sp³-hybridized carbons (Fsp3) is 0.154. The highest BCUT2D eigenvalue weighted by Gasteiger charge is 2.38. The molecule has 2 heterocycles. The molecular formula is C13H8F3N3O2S. The van der Waals surface area contributed by atoms with Crippen molar-refractivity contribution >= 4 is 11.3 Å². The first kappa shape index (κ1) is 14.7. The lowest BCUT2D eigenvalue weighted by atomic mass is 10.1. The van der Waals surface area contributed by atoms with E-state index in [9.17, 15) is 18.3 Å². The molecule has 22 heavy (non-hydrogen) atoms. The number of thiazole rings is 1. The molecule has 0 saturated heterocycles. The van der Waals surface area contributed by atoms with Gasteiger partial charge in [0.2, 0.25) is 5.82 Å². The minimum atomic E-state index is -4.67. The van der Waals surface area contributed by atoms with Gasteiger partial charge in [-0.3, -0.25) is 4.98 Å². The first-order valence-corrected chi connectivity index (χ1v) is 6.91. The molecule has 0 bridgehead atoms. The van der Waals surface area contributed by atoms with Crippen molar-refractivity contribution in [1.82, 2.24) is 15.1 Å². The summed E-state index contributed by atoms with van der Waals surface area (Å²) in [6.45, 7) is 0. The van der Waals surface area contributed by atoms with Gasteiger partial charge in [-0.05, 0) is 5.56 Å². The van der Waals surface area contributed by atoms with E-state index in [1.165, 1.54) is 23.5 Å². The Bertz CT molecular complexity index is 754. The van der Waals surface area contributed by atoms with E-state index in [2.05, 4.69) is 19.6 Å². The number of alkyl halides is 3. The molecule has 1 atom stereocenters. The predicted molar refractivity (Wildman–Crippen MR) is 70.9 cm³/mol. The van der Waals surface area contributed by atoms with Gasteiger partial charge in [0, 0.05) is 11.8 Å². The van der Waals surface area contributed by atoms with Gasteiger partial charge < -0.3 is 9.63 Å². The van der Waals surface area contributed by atoms with Crippen molar-refractivity contribution in [3.63, 3.8) is 0 Å². The summed E-state index contributed by atoms with van der Waals surface area (Å²) in [4.78, 5) is 7.86. The highest BCUT2D eigenvalue weighted by atomic mass is 32.1. The zero-order valence-corrected chi connectivity index (χ0v) is 11.6. The van der Waals surface area contributed by atoms with E-state index < -0.39 is 18.2 Å². The van der Waals surface area contributed by atoms with Gasteiger partial charge >= 0.3 is 12.1 Å². The molecule has 3 aromatic rings. The average molecular weight is 327 g/mol. The van der Waals surface area contributed by atoms with Crippen LogP contribution in [0.15, 0.2) is 40.5 Å². The van der Waals surface area contributed by atoms with E-state index in [1.807, 2.05) is 0 Å². The second kappa shape index (κ2) is 5.50. The lowest BCUT2D eigenvalue weighted by Crippen LogP contribution is -2.04. The normalized spacial score (nSPS) is 13.3. The Hall–Kier alpha value is -2.26. The number of hydrogen-bond acceptors (Lipinski definition) is 6. The summed E-state index contributed by atoms with van der Waals surface area (Å²) in [7, 11) is 0. The molecule has 0 saturated carbocycles. The number of benzene rings is 1. The van der Waals surface area contributed by atoms with E-state index in [1.54, 1.807) is 23.8 Å². The van der Waals surface area contributed by atoms with Crippen LogP contribution in [-0.2, 0) is 6.18 Å². The zero-order chi connectivity index (χ0) is 15.7. The first-order valence-electron chi connectivity index (χ1n) is 6.03. The maximum atomic E-state index is 12.4. The third kappa shape index (κ3) is 2.85. The van der Waals surface area contributed by atoms with Crippen LogP contribution in [-0.4, -0.2) is 20.2 Å². The van der Waals surface area contributed by atoms with Gasteiger partial charge in [-0.25, -0.2) is 0 Å². The van der Waals surface area contributed by atoms with Crippen LogP contribution in [0.2, 0.25) is 0 Å². The fourth-order valence-electron chi connectivity index (χ4n) is 1.80. The van der Waals surface area contributed by atoms with Gasteiger partial charge in [0.15, 0.2) is 0 Å². The van der Waals surface area contributed by atoms with Crippen LogP contribution in [0.5, 0.6) is 0 Å². The van der Waals surface area contributed by atoms with Crippen LogP contribution >= 0.6 is 11.3 Å². The molecule has 3 rings (SSSR count). The maximum Gasteiger partial charge on any atom is 0.471 e. The van der Waals surface area contributed by atoms with E-state index in [0.29, 0.717) is 16.0 Å². The molecule has 9 heteroatoms. The van der Waals surface area contributed by atoms with Gasteiger partial charge in [0.05, 0.1) is 10.4 Å². The Kier molecular flexibility index (Phi) is 3.67. The van der Waals surface area contributed by atoms with Crippen molar-refractivity contribution in [3.05, 3.63) is 52.3 Å². The van der Waals surface area contributed by atoms with Crippen molar-refractivity contribution in [2.75, 3.05) is 0 Å². The lowest BCUT2D eigenvalue weighted by molar-refractivity contribution is -0.159. The second-order valence-corrected chi connectivity index (χ2v) is 5.27. The molecule has 0 aliphatic rings. The summed E-state index contributed by atoms with van der Waals surface area (Å²) in [5.41, 5.74) is 2.55. The van der Waals surface area contributed by atoms with Crippen LogP contribution < -0.4 is 0 Å². The van der Waals surface area contributed by atoms with Crippen LogP contribution in [0, 0.1) is 0 Å². The van der Waals surface area contributed by atoms with Gasteiger partial charge in [-0.2, -0.15) is 18.2 Å². The molecule has 0 spiro atoms. The summed E-state index contributed by atoms with van der Waals surface area (Å²) in [5, 5.41) is 13.4. The monoisotopic (exact) mass is 327 g/mol. The van der Waals surface area contributed by atoms with Gasteiger partial charge in [-0.1, -0.05) is 29.4 Å². The Balaban J connectivity index is 1.84. The van der Waals surface area contributed by atoms with Crippen molar-refractivity contribution in [3.8, 4) is 11.4 Å². The minimum Gasteiger partial charge on any atom is -0.383 e. The molecular weight excluding hydrogens is 319 g/mol. The first-order chi connectivity index (χ1) is 10.4. The second-order valence-electron chi connectivity index (χ2n) is 4.35. The quantitative estimate of drug-likeness (QED) is 0.799. The van der Waals surface area contributed by atoms with Gasteiger partial charge in [0.25, 0.3) is 0 Å². The van der Waals surface area contributed by atoms with Crippen LogP contribution in [0.25, 0.3) is 11.4 Å². The number of aliphatic hydroxyl groups excluding tert-OH is 1. The molecule has 0 aliphatic carbocycles. The standard InChI is InChI=1S/C13H8F3N3O2S/c14-13(15,16)12-18-11(19-21-12)8-3-1-7(2-4-8)10(20)9-5-17-6-22-9/h1-6,10,20H. The highest BCUT2D eigenvalue weighted by Crippen LogP contribution is 2.30. The van der Waals surface area contributed by atoms with Crippen LogP contribution in [0.4, 0.5) is 13.2 Å². The van der Waals surface area contributed by atoms with Crippen LogP contribution in [0.1, 0.15) is 22.4 Å². The predicted octanol–water partition coefficient (Wildman–Crippen LogP) is 3.29. The molecule has 1 N–H and O–H groups in total. The minimum absolute atomic E-state index is 0.161. The molecule has 1 unspecified atom stereocenters. The molecule has 1 aromatic carbocycles. The van der Waals surface area contributed by atoms with E-state index >= 15 is 0 Å². The Morgan fingerprint density at radius 3 is 2.45 bits per heavy atom. The molecule has 114 valence electrons. The molecule has 0 fully saturated rings. The lowest BCUT2D eigenvalue weighted by Gasteiger charge is -2.08. The van der Waals surface area contributed by atoms with Crippen molar-refractivity contribution in [2.45, 2.75) is 12.3 Å². The summed E-state index contributed by atoms with van der Waals surface area (Å²) in [6, 6.07) is 6.21. The van der Waals surface area contributed by atoms with Crippen molar-refractivity contribution in [1.29, 1.82) is 0 Å². The Labute approximate surface area is 126 Å². The Morgan fingerprint density at radius 2 is 1.91 bits per heavy atom. The average Bonchev–Trinajstić information content (AvgIpc) is 3.17. The third-order valence-corrected chi connectivity index (χ3v) is 3.70. The fourth-order valence-corrected chi connectivity index (χ4v) is 2.43. The molecule has 0 aliphatic heterocycles. The number of hydrogen-bond donors (Lipinski definition) is 1. The number of aliphatic hydroxyl groups is 1. The zero-order valence-electron chi connectivity index (χ0n) is 10.8. The summed E-state index contributed by atoms with van der Waals surface area (Å²) in [5.74, 6) is -1.55. The van der Waals surface area contributed by atoms with Crippen molar-refractivity contribution in [2.24, 2.45) is 0 Å². The molecule has 5 nitrogen and oxygen atoms in total. The smallest absolute Gasteiger partial charge is 0.383 e. The van der Waals surface area contributed by atoms with E-state index in [4.69, 9.17) is 0 Å². The van der Waals surface area contributed by atoms with Crippen LogP contribution in [0.3, 0.4) is 0 Å². The summed E-state index contributed by atoms with van der Waals surface area (Å²) < 4.78 is 41.4. The number of halogens is 3. The van der Waals surface area contributed by atoms with Crippen molar-refractivity contribution < 1.29 is 22.8 Å². The SMILES string of the molecule is OC(c1ccc(-c2noc(C(F)(F)F)n2)cc1)c1cncs1. The Morgan fingerprint density at radius 1 is 1.18 bits per heavy atom. The largest absolute Gasteiger partial charge is 0.471 e. The maximum absolute atomic E-state index is 12.4. The number of nitrogens with zero attached hydrogens (tertiary/aromatic N) is 3. The summed E-state index contributed by atoms with van der Waals surface area (Å²) in [6.07, 6.45) is -3.96. The number of aromatic nitrogens is 3. The van der Waals surface area contributed by atoms with E-state index in [-0.39, 0.29) is 5.82 Å². The highest BCUT2D eigenvalue weighted by molar-refractivity contribution is 7.09. The summed E-state index contributed by atoms with van der Waals surface area (Å²) >= 11 is 1.31. The van der Waals surface area contributed by atoms with Gasteiger partial charge in [0.1, 0.15) is 6.10 Å². The number of rotatable bonds is 3. The molecule has 0 radical (unpaired) electrons. The van der Waals surface area contributed by atoms with Gasteiger partial charge in [-0.15, -0.1) is 11.3 Å². The molecule has 2 aromatic heterocycles. The topological polar surface area (TPSA) is 72.0 Å².